The molecule has 0 bridgehead atoms. The van der Waals surface area contributed by atoms with Crippen molar-refractivity contribution in [2.75, 3.05) is 11.1 Å². The standard InChI is InChI=1S/C24H21FN6O2S/c1-16(17-8-3-2-4-9-17)26-23(33)20-12-5-6-13-21(20)27-22(32)15-34-24-28-29-30-31(24)19-11-7-10-18(25)14-19/h2-14,16H,15H2,1H3,(H,26,33)(H,27,32)/t16-/m1/s1. The highest BCUT2D eigenvalue weighted by molar-refractivity contribution is 7.99. The third-order valence-electron chi connectivity index (χ3n) is 4.92. The predicted octanol–water partition coefficient (Wildman–Crippen LogP) is 4.02. The summed E-state index contributed by atoms with van der Waals surface area (Å²) in [5.41, 5.74) is 2.18. The zero-order valence-electron chi connectivity index (χ0n) is 18.2. The van der Waals surface area contributed by atoms with E-state index in [1.54, 1.807) is 36.4 Å². The Hall–Kier alpha value is -4.05. The minimum atomic E-state index is -0.418. The van der Waals surface area contributed by atoms with Crippen LogP contribution in [0, 0.1) is 5.82 Å². The molecule has 1 heterocycles. The summed E-state index contributed by atoms with van der Waals surface area (Å²) in [5, 5.41) is 17.5. The van der Waals surface area contributed by atoms with Crippen LogP contribution in [0.3, 0.4) is 0 Å². The number of nitrogens with one attached hydrogen (secondary N) is 2. The molecule has 0 saturated heterocycles. The molecule has 34 heavy (non-hydrogen) atoms. The number of aromatic nitrogens is 4. The summed E-state index contributed by atoms with van der Waals surface area (Å²) in [6.45, 7) is 1.90. The number of para-hydroxylation sites is 1. The van der Waals surface area contributed by atoms with Gasteiger partial charge < -0.3 is 10.6 Å². The van der Waals surface area contributed by atoms with E-state index in [0.29, 0.717) is 22.1 Å². The first-order valence-electron chi connectivity index (χ1n) is 10.4. The summed E-state index contributed by atoms with van der Waals surface area (Å²) in [7, 11) is 0. The van der Waals surface area contributed by atoms with Crippen LogP contribution in [0.5, 0.6) is 0 Å². The Morgan fingerprint density at radius 1 is 1.03 bits per heavy atom. The summed E-state index contributed by atoms with van der Waals surface area (Å²) in [6.07, 6.45) is 0. The van der Waals surface area contributed by atoms with E-state index in [2.05, 4.69) is 26.2 Å². The van der Waals surface area contributed by atoms with E-state index in [1.165, 1.54) is 16.8 Å². The lowest BCUT2D eigenvalue weighted by Gasteiger charge is -2.16. The lowest BCUT2D eigenvalue weighted by molar-refractivity contribution is -0.113. The first-order chi connectivity index (χ1) is 16.5. The molecular weight excluding hydrogens is 455 g/mol. The van der Waals surface area contributed by atoms with Gasteiger partial charge >= 0.3 is 0 Å². The Labute approximate surface area is 199 Å². The number of carbonyl (C=O) groups is 2. The molecule has 4 rings (SSSR count). The smallest absolute Gasteiger partial charge is 0.253 e. The van der Waals surface area contributed by atoms with Gasteiger partial charge in [0.1, 0.15) is 5.82 Å². The predicted molar refractivity (Wildman–Crippen MR) is 127 cm³/mol. The molecule has 2 amide bonds. The first-order valence-corrected chi connectivity index (χ1v) is 11.4. The SMILES string of the molecule is C[C@@H](NC(=O)c1ccccc1NC(=O)CSc1nnnn1-c1cccc(F)c1)c1ccccc1. The van der Waals surface area contributed by atoms with Gasteiger partial charge in [-0.2, -0.15) is 4.68 Å². The molecule has 2 N–H and O–H groups in total. The Kier molecular flexibility index (Phi) is 7.28. The maximum absolute atomic E-state index is 13.5. The number of hydrogen-bond donors (Lipinski definition) is 2. The van der Waals surface area contributed by atoms with Crippen molar-refractivity contribution in [2.45, 2.75) is 18.1 Å². The lowest BCUT2D eigenvalue weighted by atomic mass is 10.1. The van der Waals surface area contributed by atoms with E-state index in [4.69, 9.17) is 0 Å². The highest BCUT2D eigenvalue weighted by atomic mass is 32.2. The van der Waals surface area contributed by atoms with Gasteiger partial charge in [0, 0.05) is 0 Å². The van der Waals surface area contributed by atoms with Gasteiger partial charge in [-0.05, 0) is 53.2 Å². The number of carbonyl (C=O) groups excluding carboxylic acids is 2. The van der Waals surface area contributed by atoms with E-state index < -0.39 is 5.82 Å². The minimum Gasteiger partial charge on any atom is -0.345 e. The topological polar surface area (TPSA) is 102 Å². The van der Waals surface area contributed by atoms with Crippen molar-refractivity contribution in [3.63, 3.8) is 0 Å². The van der Waals surface area contributed by atoms with Crippen molar-refractivity contribution in [2.24, 2.45) is 0 Å². The van der Waals surface area contributed by atoms with Crippen LogP contribution in [0.25, 0.3) is 5.69 Å². The van der Waals surface area contributed by atoms with E-state index >= 15 is 0 Å². The fraction of sp³-hybridized carbons (Fsp3) is 0.125. The van der Waals surface area contributed by atoms with Crippen LogP contribution in [-0.2, 0) is 4.79 Å². The van der Waals surface area contributed by atoms with Crippen molar-refractivity contribution < 1.29 is 14.0 Å². The molecule has 1 aromatic heterocycles. The molecule has 0 aliphatic rings. The highest BCUT2D eigenvalue weighted by Crippen LogP contribution is 2.21. The third-order valence-corrected chi connectivity index (χ3v) is 5.84. The van der Waals surface area contributed by atoms with Crippen molar-refractivity contribution >= 4 is 29.3 Å². The van der Waals surface area contributed by atoms with Gasteiger partial charge in [0.05, 0.1) is 28.7 Å². The second kappa shape index (κ2) is 10.7. The molecule has 0 radical (unpaired) electrons. The van der Waals surface area contributed by atoms with Gasteiger partial charge in [-0.3, -0.25) is 9.59 Å². The molecule has 8 nitrogen and oxygen atoms in total. The minimum absolute atomic E-state index is 0.00788. The Morgan fingerprint density at radius 2 is 1.79 bits per heavy atom. The molecule has 0 unspecified atom stereocenters. The van der Waals surface area contributed by atoms with E-state index in [0.717, 1.165) is 17.3 Å². The van der Waals surface area contributed by atoms with Crippen LogP contribution in [0.1, 0.15) is 28.9 Å². The largest absolute Gasteiger partial charge is 0.345 e. The molecule has 172 valence electrons. The summed E-state index contributed by atoms with van der Waals surface area (Å²) in [4.78, 5) is 25.5. The van der Waals surface area contributed by atoms with Gasteiger partial charge in [-0.25, -0.2) is 4.39 Å². The summed E-state index contributed by atoms with van der Waals surface area (Å²) < 4.78 is 14.9. The molecule has 0 fully saturated rings. The Morgan fingerprint density at radius 3 is 2.59 bits per heavy atom. The maximum atomic E-state index is 13.5. The molecular formula is C24H21FN6O2S. The van der Waals surface area contributed by atoms with E-state index in [9.17, 15) is 14.0 Å². The zero-order valence-corrected chi connectivity index (χ0v) is 19.0. The zero-order chi connectivity index (χ0) is 23.9. The number of hydrogen-bond acceptors (Lipinski definition) is 6. The highest BCUT2D eigenvalue weighted by Gasteiger charge is 2.17. The van der Waals surface area contributed by atoms with E-state index in [-0.39, 0.29) is 23.6 Å². The number of thioether (sulfide) groups is 1. The van der Waals surface area contributed by atoms with Crippen molar-refractivity contribution in [1.82, 2.24) is 25.5 Å². The number of tetrazole rings is 1. The molecule has 3 aromatic carbocycles. The fourth-order valence-corrected chi connectivity index (χ4v) is 3.94. The number of anilines is 1. The van der Waals surface area contributed by atoms with Crippen LogP contribution >= 0.6 is 11.8 Å². The molecule has 0 saturated carbocycles. The van der Waals surface area contributed by atoms with Gasteiger partial charge in [0.15, 0.2) is 0 Å². The monoisotopic (exact) mass is 476 g/mol. The van der Waals surface area contributed by atoms with Crippen LogP contribution < -0.4 is 10.6 Å². The molecule has 1 atom stereocenters. The van der Waals surface area contributed by atoms with Gasteiger partial charge in [0.2, 0.25) is 11.1 Å². The number of benzene rings is 3. The summed E-state index contributed by atoms with van der Waals surface area (Å²) >= 11 is 1.10. The van der Waals surface area contributed by atoms with Gasteiger partial charge in [-0.1, -0.05) is 60.3 Å². The molecule has 0 aliphatic carbocycles. The normalized spacial score (nSPS) is 11.6. The third kappa shape index (κ3) is 5.65. The number of nitrogens with zero attached hydrogens (tertiary/aromatic N) is 4. The number of halogens is 1. The van der Waals surface area contributed by atoms with Crippen LogP contribution in [-0.4, -0.2) is 37.8 Å². The summed E-state index contributed by atoms with van der Waals surface area (Å²) in [5.74, 6) is -1.06. The molecule has 0 spiro atoms. The van der Waals surface area contributed by atoms with Crippen molar-refractivity contribution in [3.05, 3.63) is 95.8 Å². The van der Waals surface area contributed by atoms with Crippen LogP contribution in [0.4, 0.5) is 10.1 Å². The molecule has 0 aliphatic heterocycles. The Bertz CT molecular complexity index is 1300. The van der Waals surface area contributed by atoms with E-state index in [1.807, 2.05) is 37.3 Å². The van der Waals surface area contributed by atoms with Gasteiger partial charge in [-0.15, -0.1) is 5.10 Å². The second-order valence-electron chi connectivity index (χ2n) is 7.34. The Balaban J connectivity index is 1.40. The number of amides is 2. The van der Waals surface area contributed by atoms with Crippen LogP contribution in [0.15, 0.2) is 84.0 Å². The maximum Gasteiger partial charge on any atom is 0.253 e. The van der Waals surface area contributed by atoms with Crippen molar-refractivity contribution in [1.29, 1.82) is 0 Å². The van der Waals surface area contributed by atoms with Gasteiger partial charge in [0.25, 0.3) is 5.91 Å². The fourth-order valence-electron chi connectivity index (χ4n) is 3.24. The molecule has 10 heteroatoms. The molecule has 4 aromatic rings. The number of rotatable bonds is 8. The average Bonchev–Trinajstić information content (AvgIpc) is 3.32. The quantitative estimate of drug-likeness (QED) is 0.373. The lowest BCUT2D eigenvalue weighted by Crippen LogP contribution is -2.28. The van der Waals surface area contributed by atoms with Crippen LogP contribution in [0.2, 0.25) is 0 Å². The first kappa shape index (κ1) is 23.1. The summed E-state index contributed by atoms with van der Waals surface area (Å²) in [6, 6.07) is 22.0. The van der Waals surface area contributed by atoms with Crippen molar-refractivity contribution in [3.8, 4) is 5.69 Å². The second-order valence-corrected chi connectivity index (χ2v) is 8.28. The average molecular weight is 477 g/mol.